The number of hydrogen-bond acceptors (Lipinski definition) is 6. The van der Waals surface area contributed by atoms with Crippen molar-refractivity contribution in [2.45, 2.75) is 39.3 Å². The van der Waals surface area contributed by atoms with Gasteiger partial charge in [-0.1, -0.05) is 36.4 Å². The van der Waals surface area contributed by atoms with Crippen LogP contribution in [0.25, 0.3) is 6.08 Å². The number of rotatable bonds is 7. The van der Waals surface area contributed by atoms with E-state index in [-0.39, 0.29) is 0 Å². The molecule has 2 aromatic carbocycles. The standard InChI is InChI=1S/C24H27N3O4/c1-5-30-22(28)15-14-17-10-6-8-12-19(17)26-21(16-25)18-11-7-9-13-20(18)27-23(29)31-24(2,3)4/h6-15,21,26H,5H2,1-4H3,(H,27,29)/b15-14+. The molecular formula is C24H27N3O4. The highest BCUT2D eigenvalue weighted by atomic mass is 16.6. The summed E-state index contributed by atoms with van der Waals surface area (Å²) in [7, 11) is 0. The molecule has 1 amide bonds. The number of amides is 1. The fourth-order valence-electron chi connectivity index (χ4n) is 2.73. The number of ether oxygens (including phenoxy) is 2. The maximum Gasteiger partial charge on any atom is 0.412 e. The van der Waals surface area contributed by atoms with Crippen LogP contribution in [0.4, 0.5) is 16.2 Å². The molecule has 2 N–H and O–H groups in total. The second-order valence-corrected chi connectivity index (χ2v) is 7.59. The maximum absolute atomic E-state index is 12.2. The molecule has 31 heavy (non-hydrogen) atoms. The van der Waals surface area contributed by atoms with Crippen LogP contribution in [0.1, 0.15) is 44.9 Å². The molecule has 7 heteroatoms. The fourth-order valence-corrected chi connectivity index (χ4v) is 2.73. The van der Waals surface area contributed by atoms with Crippen LogP contribution in [0.3, 0.4) is 0 Å². The minimum absolute atomic E-state index is 0.293. The van der Waals surface area contributed by atoms with E-state index in [1.165, 1.54) is 6.08 Å². The lowest BCUT2D eigenvalue weighted by Gasteiger charge is -2.22. The zero-order chi connectivity index (χ0) is 22.9. The molecule has 0 aliphatic carbocycles. The average Bonchev–Trinajstić information content (AvgIpc) is 2.70. The minimum Gasteiger partial charge on any atom is -0.463 e. The summed E-state index contributed by atoms with van der Waals surface area (Å²) in [5.74, 6) is -0.443. The fraction of sp³-hybridized carbons (Fsp3) is 0.292. The Morgan fingerprint density at radius 2 is 1.74 bits per heavy atom. The number of nitriles is 1. The zero-order valence-electron chi connectivity index (χ0n) is 18.1. The molecule has 0 fully saturated rings. The summed E-state index contributed by atoms with van der Waals surface area (Å²) in [6.07, 6.45) is 2.36. The van der Waals surface area contributed by atoms with Gasteiger partial charge in [-0.25, -0.2) is 9.59 Å². The molecule has 2 aromatic rings. The molecule has 0 heterocycles. The quantitative estimate of drug-likeness (QED) is 0.466. The van der Waals surface area contributed by atoms with Gasteiger partial charge in [0.1, 0.15) is 11.6 Å². The summed E-state index contributed by atoms with van der Waals surface area (Å²) in [6, 6.07) is 15.7. The molecule has 0 bridgehead atoms. The van der Waals surface area contributed by atoms with Gasteiger partial charge in [0.05, 0.1) is 18.4 Å². The number of carbonyl (C=O) groups is 2. The van der Waals surface area contributed by atoms with Gasteiger partial charge in [-0.2, -0.15) is 5.26 Å². The largest absolute Gasteiger partial charge is 0.463 e. The number of benzene rings is 2. The Kier molecular flexibility index (Phi) is 8.21. The molecule has 7 nitrogen and oxygen atoms in total. The lowest BCUT2D eigenvalue weighted by Crippen LogP contribution is -2.27. The summed E-state index contributed by atoms with van der Waals surface area (Å²) >= 11 is 0. The topological polar surface area (TPSA) is 100 Å². The Hall–Kier alpha value is -3.79. The summed E-state index contributed by atoms with van der Waals surface area (Å²) in [6.45, 7) is 7.36. The second-order valence-electron chi connectivity index (χ2n) is 7.59. The van der Waals surface area contributed by atoms with Gasteiger partial charge in [-0.05, 0) is 51.5 Å². The van der Waals surface area contributed by atoms with Crippen molar-refractivity contribution in [3.8, 4) is 6.07 Å². The Morgan fingerprint density at radius 3 is 2.39 bits per heavy atom. The lowest BCUT2D eigenvalue weighted by atomic mass is 10.0. The van der Waals surface area contributed by atoms with E-state index in [1.54, 1.807) is 64.1 Å². The predicted octanol–water partition coefficient (Wildman–Crippen LogP) is 5.29. The van der Waals surface area contributed by atoms with Crippen molar-refractivity contribution in [3.63, 3.8) is 0 Å². The number of esters is 1. The van der Waals surface area contributed by atoms with Crippen LogP contribution < -0.4 is 10.6 Å². The zero-order valence-corrected chi connectivity index (χ0v) is 18.1. The molecule has 1 atom stereocenters. The summed E-state index contributed by atoms with van der Waals surface area (Å²) in [4.78, 5) is 23.9. The Bertz CT molecular complexity index is 987. The molecule has 0 radical (unpaired) electrons. The number of nitrogens with zero attached hydrogens (tertiary/aromatic N) is 1. The molecule has 0 spiro atoms. The van der Waals surface area contributed by atoms with Crippen molar-refractivity contribution < 1.29 is 19.1 Å². The van der Waals surface area contributed by atoms with Gasteiger partial charge in [0.15, 0.2) is 0 Å². The smallest absolute Gasteiger partial charge is 0.412 e. The SMILES string of the molecule is CCOC(=O)/C=C/c1ccccc1NC(C#N)c1ccccc1NC(=O)OC(C)(C)C. The van der Waals surface area contributed by atoms with E-state index < -0.39 is 23.7 Å². The van der Waals surface area contributed by atoms with E-state index in [0.29, 0.717) is 29.1 Å². The van der Waals surface area contributed by atoms with Crippen LogP contribution in [-0.2, 0) is 14.3 Å². The lowest BCUT2D eigenvalue weighted by molar-refractivity contribution is -0.137. The van der Waals surface area contributed by atoms with Gasteiger partial charge in [0.25, 0.3) is 0 Å². The highest BCUT2D eigenvalue weighted by Crippen LogP contribution is 2.28. The summed E-state index contributed by atoms with van der Waals surface area (Å²) in [5, 5.41) is 15.7. The first-order chi connectivity index (χ1) is 14.7. The van der Waals surface area contributed by atoms with Gasteiger partial charge >= 0.3 is 12.1 Å². The van der Waals surface area contributed by atoms with E-state index in [2.05, 4.69) is 16.7 Å². The van der Waals surface area contributed by atoms with Gasteiger partial charge in [0, 0.05) is 17.3 Å². The van der Waals surface area contributed by atoms with Gasteiger partial charge in [-0.15, -0.1) is 0 Å². The van der Waals surface area contributed by atoms with Gasteiger partial charge < -0.3 is 14.8 Å². The first-order valence-electron chi connectivity index (χ1n) is 9.92. The number of anilines is 2. The van der Waals surface area contributed by atoms with E-state index in [9.17, 15) is 14.9 Å². The van der Waals surface area contributed by atoms with Crippen molar-refractivity contribution in [1.82, 2.24) is 0 Å². The van der Waals surface area contributed by atoms with Crippen molar-refractivity contribution in [1.29, 1.82) is 5.26 Å². The first kappa shape index (κ1) is 23.5. The van der Waals surface area contributed by atoms with Crippen LogP contribution in [-0.4, -0.2) is 24.3 Å². The number of carbonyl (C=O) groups excluding carboxylic acids is 2. The monoisotopic (exact) mass is 421 g/mol. The molecule has 162 valence electrons. The van der Waals surface area contributed by atoms with Crippen LogP contribution in [0.2, 0.25) is 0 Å². The average molecular weight is 421 g/mol. The van der Waals surface area contributed by atoms with Crippen LogP contribution in [0.15, 0.2) is 54.6 Å². The normalized spacial score (nSPS) is 12.0. The maximum atomic E-state index is 12.2. The van der Waals surface area contributed by atoms with Crippen molar-refractivity contribution >= 4 is 29.5 Å². The molecule has 0 aromatic heterocycles. The van der Waals surface area contributed by atoms with Crippen molar-refractivity contribution in [2.24, 2.45) is 0 Å². The third-order valence-corrected chi connectivity index (χ3v) is 3.98. The molecule has 0 aliphatic rings. The van der Waals surface area contributed by atoms with Gasteiger partial charge in [-0.3, -0.25) is 5.32 Å². The van der Waals surface area contributed by atoms with Crippen molar-refractivity contribution in [3.05, 3.63) is 65.7 Å². The highest BCUT2D eigenvalue weighted by Gasteiger charge is 2.20. The second kappa shape index (κ2) is 10.8. The predicted molar refractivity (Wildman–Crippen MR) is 120 cm³/mol. The molecule has 1 unspecified atom stereocenters. The Morgan fingerprint density at radius 1 is 1.10 bits per heavy atom. The number of para-hydroxylation sites is 2. The first-order valence-corrected chi connectivity index (χ1v) is 9.92. The molecule has 2 rings (SSSR count). The van der Waals surface area contributed by atoms with Gasteiger partial charge in [0.2, 0.25) is 0 Å². The number of hydrogen-bond donors (Lipinski definition) is 2. The summed E-state index contributed by atoms with van der Waals surface area (Å²) in [5.41, 5.74) is 1.78. The Labute approximate surface area is 182 Å². The molecular weight excluding hydrogens is 394 g/mol. The molecule has 0 saturated heterocycles. The molecule has 0 saturated carbocycles. The van der Waals surface area contributed by atoms with Crippen LogP contribution >= 0.6 is 0 Å². The van der Waals surface area contributed by atoms with E-state index in [1.807, 2.05) is 18.2 Å². The van der Waals surface area contributed by atoms with E-state index in [4.69, 9.17) is 9.47 Å². The molecule has 0 aliphatic heterocycles. The van der Waals surface area contributed by atoms with E-state index >= 15 is 0 Å². The summed E-state index contributed by atoms with van der Waals surface area (Å²) < 4.78 is 10.2. The van der Waals surface area contributed by atoms with E-state index in [0.717, 1.165) is 0 Å². The number of nitrogens with one attached hydrogen (secondary N) is 2. The minimum atomic E-state index is -0.761. The third kappa shape index (κ3) is 7.52. The Balaban J connectivity index is 2.27. The highest BCUT2D eigenvalue weighted by molar-refractivity contribution is 5.89. The van der Waals surface area contributed by atoms with Crippen molar-refractivity contribution in [2.75, 3.05) is 17.2 Å². The third-order valence-electron chi connectivity index (χ3n) is 3.98. The van der Waals surface area contributed by atoms with Crippen LogP contribution in [0, 0.1) is 11.3 Å². The van der Waals surface area contributed by atoms with Crippen LogP contribution in [0.5, 0.6) is 0 Å².